The van der Waals surface area contributed by atoms with Gasteiger partial charge in [0.05, 0.1) is 6.61 Å². The predicted molar refractivity (Wildman–Crippen MR) is 84.3 cm³/mol. The second-order valence-electron chi connectivity index (χ2n) is 4.89. The average Bonchev–Trinajstić information content (AvgIpc) is 2.46. The highest BCUT2D eigenvalue weighted by molar-refractivity contribution is 5.67. The third kappa shape index (κ3) is 4.68. The van der Waals surface area contributed by atoms with Gasteiger partial charge < -0.3 is 5.11 Å². The van der Waals surface area contributed by atoms with Gasteiger partial charge in [0.1, 0.15) is 0 Å². The van der Waals surface area contributed by atoms with Crippen molar-refractivity contribution in [2.45, 2.75) is 46.0 Å². The summed E-state index contributed by atoms with van der Waals surface area (Å²) >= 11 is 0. The van der Waals surface area contributed by atoms with Gasteiger partial charge in [0, 0.05) is 0 Å². The van der Waals surface area contributed by atoms with Crippen molar-refractivity contribution in [2.24, 2.45) is 0 Å². The summed E-state index contributed by atoms with van der Waals surface area (Å²) in [6, 6.07) is 8.66. The fourth-order valence-corrected chi connectivity index (χ4v) is 2.38. The van der Waals surface area contributed by atoms with Gasteiger partial charge in [0.25, 0.3) is 0 Å². The van der Waals surface area contributed by atoms with Crippen LogP contribution in [-0.4, -0.2) is 11.7 Å². The minimum absolute atomic E-state index is 0.0792. The molecule has 1 aromatic carbocycles. The van der Waals surface area contributed by atoms with E-state index in [1.54, 1.807) is 0 Å². The molecule has 0 aliphatic rings. The molecule has 0 aliphatic heterocycles. The van der Waals surface area contributed by atoms with Gasteiger partial charge in [-0.05, 0) is 42.4 Å². The zero-order valence-corrected chi connectivity index (χ0v) is 12.4. The third-order valence-electron chi connectivity index (χ3n) is 3.54. The average molecular weight is 258 g/mol. The Labute approximate surface area is 117 Å². The molecule has 0 fully saturated rings. The van der Waals surface area contributed by atoms with Gasteiger partial charge in [0.15, 0.2) is 0 Å². The highest BCUT2D eigenvalue weighted by atomic mass is 16.3. The van der Waals surface area contributed by atoms with Crippen LogP contribution in [0.5, 0.6) is 0 Å². The Morgan fingerprint density at radius 3 is 2.37 bits per heavy atom. The van der Waals surface area contributed by atoms with Crippen LogP contribution in [0.2, 0.25) is 0 Å². The zero-order chi connectivity index (χ0) is 14.1. The Balaban J connectivity index is 2.91. The van der Waals surface area contributed by atoms with Crippen molar-refractivity contribution < 1.29 is 5.11 Å². The molecule has 0 aromatic heterocycles. The van der Waals surface area contributed by atoms with Crippen LogP contribution >= 0.6 is 0 Å². The lowest BCUT2D eigenvalue weighted by atomic mass is 9.91. The molecule has 0 heterocycles. The van der Waals surface area contributed by atoms with Gasteiger partial charge in [-0.15, -0.1) is 0 Å². The number of aliphatic hydroxyl groups excluding tert-OH is 1. The summed E-state index contributed by atoms with van der Waals surface area (Å²) in [7, 11) is 0. The third-order valence-corrected chi connectivity index (χ3v) is 3.54. The lowest BCUT2D eigenvalue weighted by molar-refractivity contribution is 0.350. The molecular formula is C18H26O. The molecule has 0 saturated carbocycles. The van der Waals surface area contributed by atoms with E-state index in [0.29, 0.717) is 5.92 Å². The fourth-order valence-electron chi connectivity index (χ4n) is 2.38. The molecule has 1 nitrogen and oxygen atoms in total. The van der Waals surface area contributed by atoms with Crippen LogP contribution in [0.3, 0.4) is 0 Å². The summed E-state index contributed by atoms with van der Waals surface area (Å²) in [4.78, 5) is 0. The molecular weight excluding hydrogens is 232 g/mol. The number of hydrogen-bond acceptors (Lipinski definition) is 1. The van der Waals surface area contributed by atoms with Crippen molar-refractivity contribution >= 4 is 5.57 Å². The minimum atomic E-state index is 0.0792. The van der Waals surface area contributed by atoms with Crippen LogP contribution in [0.4, 0.5) is 0 Å². The molecule has 19 heavy (non-hydrogen) atoms. The lowest BCUT2D eigenvalue weighted by Gasteiger charge is -2.15. The maximum atomic E-state index is 9.41. The summed E-state index contributed by atoms with van der Waals surface area (Å²) in [6.45, 7) is 6.54. The van der Waals surface area contributed by atoms with Crippen molar-refractivity contribution in [2.75, 3.05) is 6.61 Å². The molecule has 1 atom stereocenters. The van der Waals surface area contributed by atoms with E-state index >= 15 is 0 Å². The molecule has 0 radical (unpaired) electrons. The first-order valence-corrected chi connectivity index (χ1v) is 7.29. The van der Waals surface area contributed by atoms with Crippen LogP contribution < -0.4 is 0 Å². The highest BCUT2D eigenvalue weighted by Gasteiger charge is 2.08. The van der Waals surface area contributed by atoms with Crippen molar-refractivity contribution in [3.63, 3.8) is 0 Å². The molecule has 1 rings (SSSR count). The van der Waals surface area contributed by atoms with E-state index in [9.17, 15) is 5.11 Å². The quantitative estimate of drug-likeness (QED) is 0.687. The van der Waals surface area contributed by atoms with Crippen molar-refractivity contribution in [3.8, 4) is 0 Å². The van der Waals surface area contributed by atoms with Crippen molar-refractivity contribution in [3.05, 3.63) is 53.6 Å². The SMILES string of the molecule is C/C=C\C=C(/CO)c1ccc(C(CC)CCC)cc1. The van der Waals surface area contributed by atoms with E-state index < -0.39 is 0 Å². The first kappa shape index (κ1) is 15.7. The first-order chi connectivity index (χ1) is 9.26. The van der Waals surface area contributed by atoms with Gasteiger partial charge in [-0.25, -0.2) is 0 Å². The van der Waals surface area contributed by atoms with E-state index in [0.717, 1.165) is 11.1 Å². The highest BCUT2D eigenvalue weighted by Crippen LogP contribution is 2.26. The van der Waals surface area contributed by atoms with Crippen LogP contribution in [0.15, 0.2) is 42.5 Å². The van der Waals surface area contributed by atoms with Gasteiger partial charge in [-0.1, -0.05) is 62.8 Å². The molecule has 0 bridgehead atoms. The van der Waals surface area contributed by atoms with E-state index in [-0.39, 0.29) is 6.61 Å². The smallest absolute Gasteiger partial charge is 0.0687 e. The number of benzene rings is 1. The van der Waals surface area contributed by atoms with E-state index in [2.05, 4.69) is 38.1 Å². The molecule has 1 N–H and O–H groups in total. The van der Waals surface area contributed by atoms with Crippen LogP contribution in [0.25, 0.3) is 5.57 Å². The maximum absolute atomic E-state index is 9.41. The van der Waals surface area contributed by atoms with Crippen LogP contribution in [0, 0.1) is 0 Å². The van der Waals surface area contributed by atoms with Crippen LogP contribution in [-0.2, 0) is 0 Å². The topological polar surface area (TPSA) is 20.2 Å². The van der Waals surface area contributed by atoms with Gasteiger partial charge in [-0.3, -0.25) is 0 Å². The summed E-state index contributed by atoms with van der Waals surface area (Å²) in [6.07, 6.45) is 9.57. The van der Waals surface area contributed by atoms with E-state index in [4.69, 9.17) is 0 Å². The Bertz CT molecular complexity index is 412. The summed E-state index contributed by atoms with van der Waals surface area (Å²) in [5.74, 6) is 0.663. The number of hydrogen-bond donors (Lipinski definition) is 1. The standard InChI is InChI=1S/C18H26O/c1-4-7-9-18(14-19)17-12-10-16(11-13-17)15(6-3)8-5-2/h4,7,9-13,15,19H,5-6,8,14H2,1-3H3/b7-4-,18-9+. The summed E-state index contributed by atoms with van der Waals surface area (Å²) in [5, 5.41) is 9.41. The lowest BCUT2D eigenvalue weighted by Crippen LogP contribution is -1.97. The zero-order valence-electron chi connectivity index (χ0n) is 12.4. The van der Waals surface area contributed by atoms with Crippen LogP contribution in [0.1, 0.15) is 57.1 Å². The molecule has 1 aromatic rings. The normalized spacial score (nSPS) is 14.0. The Morgan fingerprint density at radius 2 is 1.89 bits per heavy atom. The second kappa shape index (κ2) is 8.71. The van der Waals surface area contributed by atoms with Gasteiger partial charge >= 0.3 is 0 Å². The predicted octanol–water partition coefficient (Wildman–Crippen LogP) is 4.93. The van der Waals surface area contributed by atoms with Gasteiger partial charge in [0.2, 0.25) is 0 Å². The Morgan fingerprint density at radius 1 is 1.21 bits per heavy atom. The Kier molecular flexibility index (Phi) is 7.20. The Hall–Kier alpha value is -1.34. The monoisotopic (exact) mass is 258 g/mol. The molecule has 1 heteroatoms. The molecule has 0 saturated heterocycles. The maximum Gasteiger partial charge on any atom is 0.0687 e. The first-order valence-electron chi connectivity index (χ1n) is 7.29. The van der Waals surface area contributed by atoms with E-state index in [1.807, 2.05) is 25.2 Å². The van der Waals surface area contributed by atoms with Gasteiger partial charge in [-0.2, -0.15) is 0 Å². The second-order valence-corrected chi connectivity index (χ2v) is 4.89. The molecule has 0 spiro atoms. The summed E-state index contributed by atoms with van der Waals surface area (Å²) < 4.78 is 0. The largest absolute Gasteiger partial charge is 0.392 e. The number of rotatable bonds is 7. The fraction of sp³-hybridized carbons (Fsp3) is 0.444. The van der Waals surface area contributed by atoms with Crippen molar-refractivity contribution in [1.29, 1.82) is 0 Å². The molecule has 0 amide bonds. The summed E-state index contributed by atoms with van der Waals surface area (Å²) in [5.41, 5.74) is 3.49. The minimum Gasteiger partial charge on any atom is -0.392 e. The van der Waals surface area contributed by atoms with E-state index in [1.165, 1.54) is 24.8 Å². The number of aliphatic hydroxyl groups is 1. The molecule has 0 aliphatic carbocycles. The molecule has 104 valence electrons. The number of allylic oxidation sites excluding steroid dienone is 3. The van der Waals surface area contributed by atoms with Crippen molar-refractivity contribution in [1.82, 2.24) is 0 Å². The molecule has 1 unspecified atom stereocenters.